The van der Waals surface area contributed by atoms with E-state index in [1.807, 2.05) is 13.0 Å². The number of carbonyl (C=O) groups is 1. The predicted molar refractivity (Wildman–Crippen MR) is 91.7 cm³/mol. The first-order valence-corrected chi connectivity index (χ1v) is 7.80. The van der Waals surface area contributed by atoms with E-state index in [4.69, 9.17) is 6.57 Å². The molecule has 0 fully saturated rings. The molecule has 1 heterocycles. The van der Waals surface area contributed by atoms with E-state index >= 15 is 0 Å². The van der Waals surface area contributed by atoms with Crippen LogP contribution in [0, 0.1) is 17.1 Å². The third-order valence-corrected chi connectivity index (χ3v) is 3.98. The second-order valence-electron chi connectivity index (χ2n) is 5.46. The lowest BCUT2D eigenvalue weighted by atomic mass is 9.94. The van der Waals surface area contributed by atoms with Gasteiger partial charge in [-0.15, -0.1) is 0 Å². The number of Topliss-reactive ketones (excluding diaryl/α,β-unsaturated/α-hetero) is 1. The molecule has 0 saturated heterocycles. The maximum atomic E-state index is 12.4. The third-order valence-electron chi connectivity index (χ3n) is 3.42. The van der Waals surface area contributed by atoms with E-state index in [0.717, 1.165) is 14.7 Å². The summed E-state index contributed by atoms with van der Waals surface area (Å²) in [5.74, 6) is -0.270. The van der Waals surface area contributed by atoms with Crippen molar-refractivity contribution in [3.8, 4) is 0 Å². The smallest absolute Gasteiger partial charge is 0.190 e. The fraction of sp³-hybridized carbons (Fsp3) is 0.312. The normalized spacial score (nSPS) is 13.4. The zero-order valence-electron chi connectivity index (χ0n) is 12.4. The lowest BCUT2D eigenvalue weighted by molar-refractivity contribution is -0.136. The van der Waals surface area contributed by atoms with Gasteiger partial charge in [-0.05, 0) is 47.6 Å². The number of aryl methyl sites for hydroxylation is 1. The van der Waals surface area contributed by atoms with Crippen molar-refractivity contribution >= 4 is 34.1 Å². The molecule has 0 aliphatic heterocycles. The summed E-state index contributed by atoms with van der Waals surface area (Å²) in [6.45, 7) is 10.5. The monoisotopic (exact) mass is 409 g/mol. The standard InChI is InChI=1S/C16H16IN3O2/c1-11-6-12(4-5-14(11)18-3)7-15(21)16(2,22)10-20-9-13(17)8-19-20/h4-6,8-9,22H,7,10H2,1-2H3/t16-/m0/s1. The van der Waals surface area contributed by atoms with E-state index in [2.05, 4.69) is 32.5 Å². The van der Waals surface area contributed by atoms with Crippen LogP contribution in [-0.2, 0) is 17.8 Å². The minimum absolute atomic E-state index is 0.119. The van der Waals surface area contributed by atoms with Crippen LogP contribution in [0.1, 0.15) is 18.1 Å². The Morgan fingerprint density at radius 2 is 2.27 bits per heavy atom. The molecule has 0 radical (unpaired) electrons. The van der Waals surface area contributed by atoms with Crippen molar-refractivity contribution in [2.24, 2.45) is 0 Å². The van der Waals surface area contributed by atoms with Crippen molar-refractivity contribution in [1.29, 1.82) is 0 Å². The number of ketones is 1. The van der Waals surface area contributed by atoms with Crippen LogP contribution in [0.15, 0.2) is 30.6 Å². The summed E-state index contributed by atoms with van der Waals surface area (Å²) in [5, 5.41) is 14.5. The molecule has 5 nitrogen and oxygen atoms in total. The topological polar surface area (TPSA) is 59.5 Å². The largest absolute Gasteiger partial charge is 0.380 e. The SMILES string of the molecule is [C-]#[N+]c1ccc(CC(=O)[C@@](C)(O)Cn2cc(I)cn2)cc1C. The summed E-state index contributed by atoms with van der Waals surface area (Å²) >= 11 is 2.12. The van der Waals surface area contributed by atoms with Crippen molar-refractivity contribution in [1.82, 2.24) is 9.78 Å². The van der Waals surface area contributed by atoms with E-state index < -0.39 is 5.60 Å². The highest BCUT2D eigenvalue weighted by Crippen LogP contribution is 2.21. The highest BCUT2D eigenvalue weighted by molar-refractivity contribution is 14.1. The van der Waals surface area contributed by atoms with Crippen LogP contribution < -0.4 is 0 Å². The van der Waals surface area contributed by atoms with Crippen molar-refractivity contribution < 1.29 is 9.90 Å². The lowest BCUT2D eigenvalue weighted by Crippen LogP contribution is -2.40. The zero-order valence-corrected chi connectivity index (χ0v) is 14.5. The van der Waals surface area contributed by atoms with Gasteiger partial charge in [0.05, 0.1) is 22.9 Å². The molecule has 0 unspecified atom stereocenters. The summed E-state index contributed by atoms with van der Waals surface area (Å²) < 4.78 is 2.51. The van der Waals surface area contributed by atoms with Gasteiger partial charge in [0.15, 0.2) is 11.5 Å². The van der Waals surface area contributed by atoms with Crippen LogP contribution in [0.5, 0.6) is 0 Å². The Hall–Kier alpha value is -1.72. The number of halogens is 1. The number of aliphatic hydroxyl groups is 1. The van der Waals surface area contributed by atoms with Crippen LogP contribution in [-0.4, -0.2) is 26.3 Å². The van der Waals surface area contributed by atoms with E-state index in [1.165, 1.54) is 6.92 Å². The molecule has 114 valence electrons. The maximum absolute atomic E-state index is 12.4. The molecule has 0 amide bonds. The van der Waals surface area contributed by atoms with Crippen LogP contribution in [0.3, 0.4) is 0 Å². The maximum Gasteiger partial charge on any atom is 0.190 e. The highest BCUT2D eigenvalue weighted by Gasteiger charge is 2.30. The molecular formula is C16H16IN3O2. The number of hydrogen-bond donors (Lipinski definition) is 1. The zero-order chi connectivity index (χ0) is 16.3. The molecule has 6 heteroatoms. The van der Waals surface area contributed by atoms with E-state index in [1.54, 1.807) is 29.2 Å². The van der Waals surface area contributed by atoms with E-state index in [0.29, 0.717) is 5.69 Å². The number of benzene rings is 1. The molecule has 22 heavy (non-hydrogen) atoms. The fourth-order valence-electron chi connectivity index (χ4n) is 2.16. The van der Waals surface area contributed by atoms with Crippen LogP contribution in [0.2, 0.25) is 0 Å². The Labute approximate surface area is 142 Å². The quantitative estimate of drug-likeness (QED) is 0.611. The molecule has 0 saturated carbocycles. The molecule has 1 aromatic carbocycles. The average Bonchev–Trinajstić information content (AvgIpc) is 2.83. The van der Waals surface area contributed by atoms with Crippen LogP contribution in [0.4, 0.5) is 5.69 Å². The van der Waals surface area contributed by atoms with Gasteiger partial charge in [0.2, 0.25) is 0 Å². The molecule has 2 aromatic rings. The number of aromatic nitrogens is 2. The van der Waals surface area contributed by atoms with Gasteiger partial charge in [-0.25, -0.2) is 4.85 Å². The molecule has 1 aromatic heterocycles. The van der Waals surface area contributed by atoms with Gasteiger partial charge in [-0.2, -0.15) is 5.10 Å². The van der Waals surface area contributed by atoms with Crippen LogP contribution >= 0.6 is 22.6 Å². The van der Waals surface area contributed by atoms with E-state index in [-0.39, 0.29) is 18.7 Å². The fourth-order valence-corrected chi connectivity index (χ4v) is 2.60. The van der Waals surface area contributed by atoms with Crippen molar-refractivity contribution in [2.45, 2.75) is 32.4 Å². The molecular weight excluding hydrogens is 393 g/mol. The second-order valence-corrected chi connectivity index (χ2v) is 6.71. The molecule has 1 N–H and O–H groups in total. The molecule has 0 aliphatic carbocycles. The van der Waals surface area contributed by atoms with Gasteiger partial charge in [-0.3, -0.25) is 9.48 Å². The van der Waals surface area contributed by atoms with Crippen molar-refractivity contribution in [2.75, 3.05) is 0 Å². The average molecular weight is 409 g/mol. The first-order valence-electron chi connectivity index (χ1n) is 6.72. The summed E-state index contributed by atoms with van der Waals surface area (Å²) in [4.78, 5) is 15.8. The Morgan fingerprint density at radius 3 is 2.82 bits per heavy atom. The second kappa shape index (κ2) is 6.58. The number of carbonyl (C=O) groups excluding carboxylic acids is 1. The van der Waals surface area contributed by atoms with Crippen molar-refractivity contribution in [3.05, 3.63) is 56.7 Å². The third kappa shape index (κ3) is 3.93. The minimum atomic E-state index is -1.48. The lowest BCUT2D eigenvalue weighted by Gasteiger charge is -2.22. The number of hydrogen-bond acceptors (Lipinski definition) is 3. The first kappa shape index (κ1) is 16.6. The van der Waals surface area contributed by atoms with Gasteiger partial charge in [0, 0.05) is 12.6 Å². The Kier molecular flexibility index (Phi) is 4.98. The summed E-state index contributed by atoms with van der Waals surface area (Å²) in [6.07, 6.45) is 3.58. The summed E-state index contributed by atoms with van der Waals surface area (Å²) in [5.41, 5.74) is 0.724. The predicted octanol–water partition coefficient (Wildman–Crippen LogP) is 2.91. The molecule has 0 spiro atoms. The Balaban J connectivity index is 2.10. The van der Waals surface area contributed by atoms with Gasteiger partial charge in [-0.1, -0.05) is 18.2 Å². The minimum Gasteiger partial charge on any atom is -0.380 e. The number of nitrogens with zero attached hydrogens (tertiary/aromatic N) is 3. The Morgan fingerprint density at radius 1 is 1.55 bits per heavy atom. The summed E-state index contributed by atoms with van der Waals surface area (Å²) in [6, 6.07) is 5.28. The Bertz CT molecular complexity index is 744. The van der Waals surface area contributed by atoms with Gasteiger partial charge in [0.25, 0.3) is 0 Å². The first-order chi connectivity index (χ1) is 10.3. The highest BCUT2D eigenvalue weighted by atomic mass is 127. The number of rotatable bonds is 5. The van der Waals surface area contributed by atoms with Crippen LogP contribution in [0.25, 0.3) is 4.85 Å². The molecule has 2 rings (SSSR count). The summed E-state index contributed by atoms with van der Waals surface area (Å²) in [7, 11) is 0. The molecule has 0 aliphatic rings. The molecule has 0 bridgehead atoms. The molecule has 1 atom stereocenters. The van der Waals surface area contributed by atoms with Gasteiger partial charge >= 0.3 is 0 Å². The van der Waals surface area contributed by atoms with Gasteiger partial charge < -0.3 is 5.11 Å². The van der Waals surface area contributed by atoms with Gasteiger partial charge in [0.1, 0.15) is 5.60 Å². The van der Waals surface area contributed by atoms with E-state index in [9.17, 15) is 9.90 Å². The van der Waals surface area contributed by atoms with Crippen molar-refractivity contribution in [3.63, 3.8) is 0 Å².